The largest absolute Gasteiger partial charge is 0.383 e. The highest BCUT2D eigenvalue weighted by molar-refractivity contribution is 7.09. The van der Waals surface area contributed by atoms with Crippen LogP contribution in [0.3, 0.4) is 0 Å². The molecule has 0 bridgehead atoms. The predicted octanol–water partition coefficient (Wildman–Crippen LogP) is 0.00682. The summed E-state index contributed by atoms with van der Waals surface area (Å²) >= 11 is 1.59. The molecule has 7 heteroatoms. The fourth-order valence-corrected chi connectivity index (χ4v) is 1.74. The van der Waals surface area contributed by atoms with E-state index in [2.05, 4.69) is 20.7 Å². The summed E-state index contributed by atoms with van der Waals surface area (Å²) in [6, 6.07) is 0. The van der Waals surface area contributed by atoms with Crippen LogP contribution in [0.25, 0.3) is 0 Å². The van der Waals surface area contributed by atoms with E-state index in [0.29, 0.717) is 25.7 Å². The van der Waals surface area contributed by atoms with Crippen molar-refractivity contribution in [3.8, 4) is 0 Å². The fraction of sp³-hybridized carbons (Fsp3) is 0.556. The van der Waals surface area contributed by atoms with E-state index in [0.717, 1.165) is 10.7 Å². The molecule has 0 spiro atoms. The molecule has 1 rings (SSSR count). The average molecular weight is 243 g/mol. The molecule has 0 amide bonds. The fourth-order valence-electron chi connectivity index (χ4n) is 1.05. The van der Waals surface area contributed by atoms with Gasteiger partial charge in [-0.3, -0.25) is 5.43 Å². The predicted molar refractivity (Wildman–Crippen MR) is 65.2 cm³/mol. The monoisotopic (exact) mass is 243 g/mol. The van der Waals surface area contributed by atoms with E-state index in [4.69, 9.17) is 10.6 Å². The highest BCUT2D eigenvalue weighted by Crippen LogP contribution is 2.09. The second kappa shape index (κ2) is 7.15. The van der Waals surface area contributed by atoms with E-state index in [9.17, 15) is 0 Å². The molecular formula is C9H17N5OS. The summed E-state index contributed by atoms with van der Waals surface area (Å²) in [5.41, 5.74) is 3.52. The number of thiazole rings is 1. The van der Waals surface area contributed by atoms with Crippen molar-refractivity contribution in [2.45, 2.75) is 13.5 Å². The van der Waals surface area contributed by atoms with Crippen molar-refractivity contribution in [2.75, 3.05) is 20.3 Å². The zero-order valence-corrected chi connectivity index (χ0v) is 10.3. The maximum atomic E-state index is 5.32. The van der Waals surface area contributed by atoms with E-state index in [1.807, 2.05) is 12.3 Å². The molecule has 4 N–H and O–H groups in total. The number of nitrogens with one attached hydrogen (secondary N) is 2. The number of rotatable bonds is 5. The Hall–Kier alpha value is -1.18. The third-order valence-electron chi connectivity index (χ3n) is 1.77. The lowest BCUT2D eigenvalue weighted by Gasteiger charge is -2.07. The highest BCUT2D eigenvalue weighted by atomic mass is 32.1. The van der Waals surface area contributed by atoms with Gasteiger partial charge in [-0.15, -0.1) is 11.3 Å². The van der Waals surface area contributed by atoms with Gasteiger partial charge < -0.3 is 10.1 Å². The number of nitrogens with two attached hydrogens (primary N) is 1. The molecule has 0 fully saturated rings. The SMILES string of the molecule is COCCNC(=NCc1nc(C)cs1)NN. The van der Waals surface area contributed by atoms with Crippen LogP contribution in [0.1, 0.15) is 10.7 Å². The Morgan fingerprint density at radius 3 is 3.06 bits per heavy atom. The molecule has 0 saturated carbocycles. The number of aliphatic imine (C=N–C) groups is 1. The standard InChI is InChI=1S/C9H17N5OS/c1-7-6-16-8(13-7)5-12-9(14-10)11-3-4-15-2/h6H,3-5,10H2,1-2H3,(H2,11,12,14). The summed E-state index contributed by atoms with van der Waals surface area (Å²) in [5, 5.41) is 5.98. The van der Waals surface area contributed by atoms with Gasteiger partial charge in [-0.25, -0.2) is 15.8 Å². The van der Waals surface area contributed by atoms with Crippen LogP contribution in [-0.4, -0.2) is 31.2 Å². The molecule has 1 heterocycles. The number of nitrogens with zero attached hydrogens (tertiary/aromatic N) is 2. The molecule has 0 unspecified atom stereocenters. The molecule has 1 aromatic rings. The van der Waals surface area contributed by atoms with Crippen LogP contribution in [0.4, 0.5) is 0 Å². The molecule has 0 saturated heterocycles. The van der Waals surface area contributed by atoms with Gasteiger partial charge in [-0.05, 0) is 6.92 Å². The summed E-state index contributed by atoms with van der Waals surface area (Å²) in [5.74, 6) is 5.87. The van der Waals surface area contributed by atoms with Crippen molar-refractivity contribution in [1.82, 2.24) is 15.7 Å². The summed E-state index contributed by atoms with van der Waals surface area (Å²) < 4.78 is 4.91. The van der Waals surface area contributed by atoms with Gasteiger partial charge in [0.05, 0.1) is 13.2 Å². The number of hydrogen-bond donors (Lipinski definition) is 3. The van der Waals surface area contributed by atoms with E-state index in [1.54, 1.807) is 18.4 Å². The van der Waals surface area contributed by atoms with Gasteiger partial charge in [-0.1, -0.05) is 0 Å². The smallest absolute Gasteiger partial charge is 0.206 e. The topological polar surface area (TPSA) is 84.6 Å². The van der Waals surface area contributed by atoms with Crippen LogP contribution in [0.15, 0.2) is 10.4 Å². The Morgan fingerprint density at radius 1 is 1.69 bits per heavy atom. The Bertz CT molecular complexity index is 338. The second-order valence-corrected chi connectivity index (χ2v) is 4.05. The van der Waals surface area contributed by atoms with Gasteiger partial charge in [0.1, 0.15) is 5.01 Å². The van der Waals surface area contributed by atoms with Crippen LogP contribution in [-0.2, 0) is 11.3 Å². The van der Waals surface area contributed by atoms with E-state index >= 15 is 0 Å². The van der Waals surface area contributed by atoms with Gasteiger partial charge in [0.25, 0.3) is 0 Å². The van der Waals surface area contributed by atoms with Crippen molar-refractivity contribution >= 4 is 17.3 Å². The third-order valence-corrected chi connectivity index (χ3v) is 2.73. The van der Waals surface area contributed by atoms with Gasteiger partial charge in [0, 0.05) is 24.7 Å². The van der Waals surface area contributed by atoms with Crippen LogP contribution in [0.5, 0.6) is 0 Å². The molecule has 0 aromatic carbocycles. The molecule has 0 atom stereocenters. The number of hydrogen-bond acceptors (Lipinski definition) is 5. The Morgan fingerprint density at radius 2 is 2.50 bits per heavy atom. The van der Waals surface area contributed by atoms with Crippen LogP contribution in [0.2, 0.25) is 0 Å². The molecule has 1 aromatic heterocycles. The van der Waals surface area contributed by atoms with Crippen molar-refractivity contribution in [1.29, 1.82) is 0 Å². The molecule has 0 aliphatic heterocycles. The lowest BCUT2D eigenvalue weighted by atomic mass is 10.6. The van der Waals surface area contributed by atoms with Crippen molar-refractivity contribution in [2.24, 2.45) is 10.8 Å². The van der Waals surface area contributed by atoms with Gasteiger partial charge in [0.15, 0.2) is 0 Å². The molecule has 0 aliphatic carbocycles. The first kappa shape index (κ1) is 12.9. The lowest BCUT2D eigenvalue weighted by Crippen LogP contribution is -2.42. The van der Waals surface area contributed by atoms with Crippen molar-refractivity contribution < 1.29 is 4.74 Å². The number of guanidine groups is 1. The maximum absolute atomic E-state index is 5.32. The van der Waals surface area contributed by atoms with Crippen molar-refractivity contribution in [3.63, 3.8) is 0 Å². The highest BCUT2D eigenvalue weighted by Gasteiger charge is 1.99. The number of ether oxygens (including phenoxy) is 1. The summed E-state index contributed by atoms with van der Waals surface area (Å²) in [6.45, 7) is 3.76. The molecule has 16 heavy (non-hydrogen) atoms. The third kappa shape index (κ3) is 4.56. The molecule has 6 nitrogen and oxygen atoms in total. The first-order chi connectivity index (χ1) is 7.76. The van der Waals surface area contributed by atoms with E-state index < -0.39 is 0 Å². The Balaban J connectivity index is 2.40. The maximum Gasteiger partial charge on any atom is 0.206 e. The molecule has 90 valence electrons. The van der Waals surface area contributed by atoms with Crippen LogP contribution < -0.4 is 16.6 Å². The lowest BCUT2D eigenvalue weighted by molar-refractivity contribution is 0.203. The van der Waals surface area contributed by atoms with E-state index in [1.165, 1.54) is 0 Å². The summed E-state index contributed by atoms with van der Waals surface area (Å²) in [4.78, 5) is 8.56. The van der Waals surface area contributed by atoms with Gasteiger partial charge in [-0.2, -0.15) is 0 Å². The zero-order chi connectivity index (χ0) is 11.8. The minimum absolute atomic E-state index is 0.526. The Labute approximate surface area is 98.9 Å². The van der Waals surface area contributed by atoms with Gasteiger partial charge >= 0.3 is 0 Å². The quantitative estimate of drug-likeness (QED) is 0.223. The Kier molecular flexibility index (Phi) is 5.76. The first-order valence-corrected chi connectivity index (χ1v) is 5.79. The van der Waals surface area contributed by atoms with E-state index in [-0.39, 0.29) is 0 Å². The summed E-state index contributed by atoms with van der Waals surface area (Å²) in [7, 11) is 1.65. The molecular weight excluding hydrogens is 226 g/mol. The summed E-state index contributed by atoms with van der Waals surface area (Å²) in [6.07, 6.45) is 0. The van der Waals surface area contributed by atoms with Crippen molar-refractivity contribution in [3.05, 3.63) is 16.1 Å². The minimum Gasteiger partial charge on any atom is -0.383 e. The number of aromatic nitrogens is 1. The number of methoxy groups -OCH3 is 1. The average Bonchev–Trinajstić information content (AvgIpc) is 2.69. The van der Waals surface area contributed by atoms with Crippen LogP contribution >= 0.6 is 11.3 Å². The van der Waals surface area contributed by atoms with Crippen LogP contribution in [0, 0.1) is 6.92 Å². The van der Waals surface area contributed by atoms with Gasteiger partial charge in [0.2, 0.25) is 5.96 Å². The normalized spacial score (nSPS) is 11.6. The molecule has 0 radical (unpaired) electrons. The minimum atomic E-state index is 0.526. The second-order valence-electron chi connectivity index (χ2n) is 3.11. The number of aryl methyl sites for hydroxylation is 1. The molecule has 0 aliphatic rings. The first-order valence-electron chi connectivity index (χ1n) is 4.91. The zero-order valence-electron chi connectivity index (χ0n) is 9.49. The number of hydrazine groups is 1.